The Balaban J connectivity index is 1.96. The quantitative estimate of drug-likeness (QED) is 0.841. The standard InChI is InChI=1S/C11H10BrNO3S/c12-8-3-4-17-9(8)10(14)13-7-2-1-6(5-7)11(15)16/h1-4,6-7H,5H2,(H,13,14)(H,15,16). The summed E-state index contributed by atoms with van der Waals surface area (Å²) in [5.41, 5.74) is 0. The Morgan fingerprint density at radius 2 is 2.24 bits per heavy atom. The summed E-state index contributed by atoms with van der Waals surface area (Å²) in [7, 11) is 0. The molecule has 0 saturated carbocycles. The average molecular weight is 316 g/mol. The number of carboxylic acid groups (broad SMARTS) is 1. The van der Waals surface area contributed by atoms with E-state index in [1.54, 1.807) is 12.2 Å². The van der Waals surface area contributed by atoms with Crippen molar-refractivity contribution in [1.29, 1.82) is 0 Å². The fourth-order valence-electron chi connectivity index (χ4n) is 1.68. The van der Waals surface area contributed by atoms with E-state index in [1.165, 1.54) is 11.3 Å². The molecule has 1 aromatic rings. The third-order valence-electron chi connectivity index (χ3n) is 2.54. The van der Waals surface area contributed by atoms with Crippen LogP contribution in [-0.4, -0.2) is 23.0 Å². The van der Waals surface area contributed by atoms with Crippen LogP contribution in [0, 0.1) is 5.92 Å². The van der Waals surface area contributed by atoms with E-state index in [1.807, 2.05) is 11.4 Å². The normalized spacial score (nSPS) is 22.6. The van der Waals surface area contributed by atoms with Crippen LogP contribution in [0.1, 0.15) is 16.1 Å². The molecule has 1 aliphatic rings. The number of aliphatic carboxylic acids is 1. The predicted octanol–water partition coefficient (Wildman–Crippen LogP) is 2.27. The number of nitrogens with one attached hydrogen (secondary N) is 1. The van der Waals surface area contributed by atoms with Crippen molar-refractivity contribution in [1.82, 2.24) is 5.32 Å². The molecule has 4 nitrogen and oxygen atoms in total. The molecular weight excluding hydrogens is 306 g/mol. The van der Waals surface area contributed by atoms with Crippen LogP contribution in [0.4, 0.5) is 0 Å². The summed E-state index contributed by atoms with van der Waals surface area (Å²) < 4.78 is 0.761. The Morgan fingerprint density at radius 3 is 2.76 bits per heavy atom. The maximum atomic E-state index is 11.8. The van der Waals surface area contributed by atoms with Gasteiger partial charge < -0.3 is 10.4 Å². The summed E-state index contributed by atoms with van der Waals surface area (Å²) in [5.74, 6) is -1.52. The van der Waals surface area contributed by atoms with E-state index in [9.17, 15) is 9.59 Å². The Hall–Kier alpha value is -1.14. The average Bonchev–Trinajstić information content (AvgIpc) is 2.86. The fraction of sp³-hybridized carbons (Fsp3) is 0.273. The summed E-state index contributed by atoms with van der Waals surface area (Å²) in [6, 6.07) is 1.61. The zero-order chi connectivity index (χ0) is 12.4. The highest BCUT2D eigenvalue weighted by Crippen LogP contribution is 2.24. The maximum absolute atomic E-state index is 11.8. The maximum Gasteiger partial charge on any atom is 0.310 e. The molecular formula is C11H10BrNO3S. The summed E-state index contributed by atoms with van der Waals surface area (Å²) in [4.78, 5) is 23.2. The van der Waals surface area contributed by atoms with Gasteiger partial charge in [-0.1, -0.05) is 12.2 Å². The zero-order valence-corrected chi connectivity index (χ0v) is 11.1. The number of amides is 1. The van der Waals surface area contributed by atoms with Crippen molar-refractivity contribution in [3.8, 4) is 0 Å². The largest absolute Gasteiger partial charge is 0.481 e. The molecule has 0 spiro atoms. The highest BCUT2D eigenvalue weighted by atomic mass is 79.9. The van der Waals surface area contributed by atoms with Crippen LogP contribution in [0.2, 0.25) is 0 Å². The first kappa shape index (κ1) is 12.3. The number of hydrogen-bond acceptors (Lipinski definition) is 3. The number of thiophene rings is 1. The van der Waals surface area contributed by atoms with Gasteiger partial charge in [0.15, 0.2) is 0 Å². The van der Waals surface area contributed by atoms with Crippen LogP contribution >= 0.6 is 27.3 Å². The van der Waals surface area contributed by atoms with Crippen LogP contribution in [0.5, 0.6) is 0 Å². The van der Waals surface area contributed by atoms with Crippen molar-refractivity contribution in [3.63, 3.8) is 0 Å². The number of carboxylic acids is 1. The van der Waals surface area contributed by atoms with Gasteiger partial charge >= 0.3 is 5.97 Å². The van der Waals surface area contributed by atoms with Crippen molar-refractivity contribution in [2.75, 3.05) is 0 Å². The molecule has 0 aliphatic heterocycles. The van der Waals surface area contributed by atoms with Gasteiger partial charge in [-0.2, -0.15) is 0 Å². The van der Waals surface area contributed by atoms with Gasteiger partial charge in [-0.3, -0.25) is 9.59 Å². The first-order valence-electron chi connectivity index (χ1n) is 5.03. The first-order valence-corrected chi connectivity index (χ1v) is 6.70. The Bertz CT molecular complexity index is 483. The second-order valence-corrected chi connectivity index (χ2v) is 5.51. The summed E-state index contributed by atoms with van der Waals surface area (Å²) >= 11 is 4.64. The predicted molar refractivity (Wildman–Crippen MR) is 68.2 cm³/mol. The fourth-order valence-corrected chi connectivity index (χ4v) is 3.13. The van der Waals surface area contributed by atoms with Gasteiger partial charge in [-0.15, -0.1) is 11.3 Å². The van der Waals surface area contributed by atoms with Crippen LogP contribution in [0.25, 0.3) is 0 Å². The highest BCUT2D eigenvalue weighted by molar-refractivity contribution is 9.10. The van der Waals surface area contributed by atoms with Crippen molar-refractivity contribution < 1.29 is 14.7 Å². The van der Waals surface area contributed by atoms with Gasteiger partial charge in [0.2, 0.25) is 0 Å². The van der Waals surface area contributed by atoms with Crippen LogP contribution in [0.3, 0.4) is 0 Å². The number of hydrogen-bond donors (Lipinski definition) is 2. The third-order valence-corrected chi connectivity index (χ3v) is 4.38. The van der Waals surface area contributed by atoms with E-state index in [0.29, 0.717) is 11.3 Å². The van der Waals surface area contributed by atoms with Gasteiger partial charge in [0.25, 0.3) is 5.91 Å². The molecule has 0 bridgehead atoms. The molecule has 90 valence electrons. The van der Waals surface area contributed by atoms with Crippen LogP contribution < -0.4 is 5.32 Å². The monoisotopic (exact) mass is 315 g/mol. The molecule has 1 aliphatic carbocycles. The van der Waals surface area contributed by atoms with Crippen LogP contribution in [-0.2, 0) is 4.79 Å². The molecule has 2 unspecified atom stereocenters. The smallest absolute Gasteiger partial charge is 0.310 e. The molecule has 1 heterocycles. The number of carbonyl (C=O) groups is 2. The van der Waals surface area contributed by atoms with E-state index in [4.69, 9.17) is 5.11 Å². The molecule has 0 radical (unpaired) electrons. The minimum Gasteiger partial charge on any atom is -0.481 e. The molecule has 0 saturated heterocycles. The second kappa shape index (κ2) is 5.01. The number of rotatable bonds is 3. The van der Waals surface area contributed by atoms with Gasteiger partial charge in [0.05, 0.1) is 5.92 Å². The van der Waals surface area contributed by atoms with E-state index in [-0.39, 0.29) is 11.9 Å². The second-order valence-electron chi connectivity index (χ2n) is 3.74. The minimum atomic E-state index is -0.852. The molecule has 0 fully saturated rings. The molecule has 1 aromatic heterocycles. The van der Waals surface area contributed by atoms with Gasteiger partial charge in [0.1, 0.15) is 4.88 Å². The molecule has 0 aromatic carbocycles. The van der Waals surface area contributed by atoms with E-state index < -0.39 is 11.9 Å². The lowest BCUT2D eigenvalue weighted by Gasteiger charge is -2.11. The van der Waals surface area contributed by atoms with E-state index in [0.717, 1.165) is 4.47 Å². The number of carbonyl (C=O) groups excluding carboxylic acids is 1. The van der Waals surface area contributed by atoms with Crippen LogP contribution in [0.15, 0.2) is 28.1 Å². The van der Waals surface area contributed by atoms with Crippen molar-refractivity contribution in [2.24, 2.45) is 5.92 Å². The lowest BCUT2D eigenvalue weighted by atomic mass is 10.1. The Labute approximate surface area is 110 Å². The summed E-state index contributed by atoms with van der Waals surface area (Å²) in [5, 5.41) is 13.4. The molecule has 6 heteroatoms. The van der Waals surface area contributed by atoms with E-state index >= 15 is 0 Å². The SMILES string of the molecule is O=C(NC1C=CC(C(=O)O)C1)c1sccc1Br. The summed E-state index contributed by atoms with van der Waals surface area (Å²) in [6.45, 7) is 0. The molecule has 2 rings (SSSR count). The van der Waals surface area contributed by atoms with Crippen molar-refractivity contribution in [3.05, 3.63) is 32.9 Å². The Morgan fingerprint density at radius 1 is 1.47 bits per heavy atom. The Kier molecular flexibility index (Phi) is 3.63. The number of halogens is 1. The topological polar surface area (TPSA) is 66.4 Å². The van der Waals surface area contributed by atoms with Gasteiger partial charge in [0, 0.05) is 10.5 Å². The molecule has 17 heavy (non-hydrogen) atoms. The summed E-state index contributed by atoms with van der Waals surface area (Å²) in [6.07, 6.45) is 3.78. The lowest BCUT2D eigenvalue weighted by Crippen LogP contribution is -2.32. The van der Waals surface area contributed by atoms with E-state index in [2.05, 4.69) is 21.2 Å². The highest BCUT2D eigenvalue weighted by Gasteiger charge is 2.26. The molecule has 2 atom stereocenters. The molecule has 2 N–H and O–H groups in total. The van der Waals surface area contributed by atoms with Gasteiger partial charge in [-0.05, 0) is 33.8 Å². The van der Waals surface area contributed by atoms with Gasteiger partial charge in [-0.25, -0.2) is 0 Å². The first-order chi connectivity index (χ1) is 8.08. The lowest BCUT2D eigenvalue weighted by molar-refractivity contribution is -0.140. The third kappa shape index (κ3) is 2.76. The zero-order valence-electron chi connectivity index (χ0n) is 8.72. The van der Waals surface area contributed by atoms with Crippen molar-refractivity contribution >= 4 is 39.1 Å². The molecule has 1 amide bonds. The van der Waals surface area contributed by atoms with Crippen molar-refractivity contribution in [2.45, 2.75) is 12.5 Å². The minimum absolute atomic E-state index is 0.174.